The van der Waals surface area contributed by atoms with Crippen molar-refractivity contribution >= 4 is 52.9 Å². The normalized spacial score (nSPS) is 17.1. The van der Waals surface area contributed by atoms with Crippen LogP contribution in [0.15, 0.2) is 47.5 Å². The van der Waals surface area contributed by atoms with Crippen molar-refractivity contribution in [2.45, 2.75) is 20.3 Å². The van der Waals surface area contributed by atoms with E-state index in [-0.39, 0.29) is 24.0 Å². The number of halogens is 2. The van der Waals surface area contributed by atoms with Gasteiger partial charge in [-0.1, -0.05) is 29.8 Å². The van der Waals surface area contributed by atoms with E-state index in [0.717, 1.165) is 36.8 Å². The molecule has 4 nitrogen and oxygen atoms in total. The summed E-state index contributed by atoms with van der Waals surface area (Å²) in [6.07, 6.45) is 1.12. The Balaban J connectivity index is 0.00000243. The Morgan fingerprint density at radius 2 is 2.08 bits per heavy atom. The lowest BCUT2D eigenvalue weighted by Crippen LogP contribution is -2.25. The van der Waals surface area contributed by atoms with Crippen LogP contribution >= 0.6 is 35.6 Å². The highest BCUT2D eigenvalue weighted by molar-refractivity contribution is 14.0. The molecule has 2 aromatic carbocycles. The Kier molecular flexibility index (Phi) is 7.58. The smallest absolute Gasteiger partial charge is 0.193 e. The van der Waals surface area contributed by atoms with E-state index in [4.69, 9.17) is 17.3 Å². The first-order valence-corrected chi connectivity index (χ1v) is 9.04. The van der Waals surface area contributed by atoms with Crippen LogP contribution in [0, 0.1) is 19.8 Å². The zero-order chi connectivity index (χ0) is 17.8. The lowest BCUT2D eigenvalue weighted by molar-refractivity contribution is 0.603. The number of hydrogen-bond donors (Lipinski definition) is 2. The van der Waals surface area contributed by atoms with Gasteiger partial charge in [0.05, 0.1) is 0 Å². The van der Waals surface area contributed by atoms with Crippen LogP contribution in [0.25, 0.3) is 0 Å². The van der Waals surface area contributed by atoms with Crippen molar-refractivity contribution in [2.24, 2.45) is 16.6 Å². The topological polar surface area (TPSA) is 53.6 Å². The molecule has 1 saturated heterocycles. The minimum atomic E-state index is 0. The molecular formula is C20H26ClIN4. The first-order valence-electron chi connectivity index (χ1n) is 8.66. The molecule has 0 amide bonds. The molecule has 1 atom stereocenters. The molecule has 1 aliphatic rings. The van der Waals surface area contributed by atoms with Gasteiger partial charge in [0.1, 0.15) is 0 Å². The third-order valence-corrected chi connectivity index (χ3v) is 4.84. The molecule has 1 fully saturated rings. The molecule has 0 bridgehead atoms. The Hall–Kier alpha value is -1.47. The number of guanidine groups is 1. The van der Waals surface area contributed by atoms with Crippen LogP contribution in [0.1, 0.15) is 17.5 Å². The van der Waals surface area contributed by atoms with Gasteiger partial charge in [0.25, 0.3) is 0 Å². The highest BCUT2D eigenvalue weighted by atomic mass is 127. The summed E-state index contributed by atoms with van der Waals surface area (Å²) in [6.45, 7) is 6.94. The fraction of sp³-hybridized carbons (Fsp3) is 0.350. The monoisotopic (exact) mass is 484 g/mol. The second kappa shape index (κ2) is 9.46. The molecule has 26 heavy (non-hydrogen) atoms. The van der Waals surface area contributed by atoms with E-state index in [1.807, 2.05) is 18.2 Å². The van der Waals surface area contributed by atoms with E-state index in [0.29, 0.717) is 11.9 Å². The third kappa shape index (κ3) is 5.51. The molecule has 3 N–H and O–H groups in total. The first kappa shape index (κ1) is 20.8. The third-order valence-electron chi connectivity index (χ3n) is 4.61. The van der Waals surface area contributed by atoms with Crippen molar-refractivity contribution in [1.82, 2.24) is 0 Å². The molecule has 1 aliphatic heterocycles. The van der Waals surface area contributed by atoms with Crippen molar-refractivity contribution in [3.63, 3.8) is 0 Å². The van der Waals surface area contributed by atoms with E-state index in [9.17, 15) is 0 Å². The molecule has 0 radical (unpaired) electrons. The maximum atomic E-state index is 6.15. The van der Waals surface area contributed by atoms with Crippen LogP contribution in [0.5, 0.6) is 0 Å². The lowest BCUT2D eigenvalue weighted by atomic mass is 10.1. The summed E-state index contributed by atoms with van der Waals surface area (Å²) in [6, 6.07) is 14.2. The van der Waals surface area contributed by atoms with Crippen LogP contribution in [-0.4, -0.2) is 25.6 Å². The molecule has 0 saturated carbocycles. The van der Waals surface area contributed by atoms with Gasteiger partial charge >= 0.3 is 0 Å². The Morgan fingerprint density at radius 1 is 1.27 bits per heavy atom. The second-order valence-electron chi connectivity index (χ2n) is 6.75. The number of anilines is 2. The van der Waals surface area contributed by atoms with Gasteiger partial charge in [-0.05, 0) is 61.6 Å². The standard InChI is InChI=1S/C20H25ClN4.HI/c1-14-4-3-5-18(10-14)24-20(22)23-12-16-8-9-25(13-16)19-11-17(21)7-6-15(19)2;/h3-7,10-11,16H,8-9,12-13H2,1-2H3,(H3,22,23,24);1H. The maximum absolute atomic E-state index is 6.15. The zero-order valence-electron chi connectivity index (χ0n) is 15.2. The van der Waals surface area contributed by atoms with Crippen molar-refractivity contribution in [1.29, 1.82) is 0 Å². The number of aliphatic imine (C=N–C) groups is 1. The molecule has 3 rings (SSSR count). The summed E-state index contributed by atoms with van der Waals surface area (Å²) in [7, 11) is 0. The van der Waals surface area contributed by atoms with Gasteiger partial charge in [0.15, 0.2) is 5.96 Å². The van der Waals surface area contributed by atoms with Crippen molar-refractivity contribution in [3.05, 3.63) is 58.6 Å². The Bertz CT molecular complexity index is 778. The summed E-state index contributed by atoms with van der Waals surface area (Å²) in [4.78, 5) is 6.92. The van der Waals surface area contributed by atoms with Crippen LogP contribution in [0.2, 0.25) is 5.02 Å². The van der Waals surface area contributed by atoms with Crippen LogP contribution in [-0.2, 0) is 0 Å². The lowest BCUT2D eigenvalue weighted by Gasteiger charge is -2.21. The highest BCUT2D eigenvalue weighted by Crippen LogP contribution is 2.29. The summed E-state index contributed by atoms with van der Waals surface area (Å²) in [5.74, 6) is 0.985. The number of nitrogens with zero attached hydrogens (tertiary/aromatic N) is 2. The number of aryl methyl sites for hydroxylation is 2. The molecule has 6 heteroatoms. The number of benzene rings is 2. The maximum Gasteiger partial charge on any atom is 0.193 e. The molecule has 1 unspecified atom stereocenters. The SMILES string of the molecule is Cc1cccc(NC(N)=NCC2CCN(c3cc(Cl)ccc3C)C2)c1.I. The summed E-state index contributed by atoms with van der Waals surface area (Å²) in [5, 5.41) is 3.95. The van der Waals surface area contributed by atoms with Crippen molar-refractivity contribution < 1.29 is 0 Å². The number of nitrogens with one attached hydrogen (secondary N) is 1. The molecule has 0 aromatic heterocycles. The van der Waals surface area contributed by atoms with Gasteiger partial charge < -0.3 is 16.0 Å². The summed E-state index contributed by atoms with van der Waals surface area (Å²) >= 11 is 6.15. The largest absolute Gasteiger partial charge is 0.371 e. The minimum absolute atomic E-state index is 0. The average molecular weight is 485 g/mol. The predicted molar refractivity (Wildman–Crippen MR) is 123 cm³/mol. The second-order valence-corrected chi connectivity index (χ2v) is 7.19. The van der Waals surface area contributed by atoms with Gasteiger partial charge in [-0.2, -0.15) is 0 Å². The van der Waals surface area contributed by atoms with Crippen LogP contribution in [0.3, 0.4) is 0 Å². The average Bonchev–Trinajstić information content (AvgIpc) is 3.04. The van der Waals surface area contributed by atoms with Gasteiger partial charge in [0.2, 0.25) is 0 Å². The quantitative estimate of drug-likeness (QED) is 0.371. The fourth-order valence-corrected chi connectivity index (χ4v) is 3.43. The molecular weight excluding hydrogens is 459 g/mol. The molecule has 0 aliphatic carbocycles. The van der Waals surface area contributed by atoms with Crippen molar-refractivity contribution in [3.8, 4) is 0 Å². The van der Waals surface area contributed by atoms with Crippen molar-refractivity contribution in [2.75, 3.05) is 29.9 Å². The van der Waals surface area contributed by atoms with Gasteiger partial charge in [0, 0.05) is 36.0 Å². The van der Waals surface area contributed by atoms with E-state index < -0.39 is 0 Å². The van der Waals surface area contributed by atoms with E-state index in [2.05, 4.69) is 53.3 Å². The Labute approximate surface area is 177 Å². The first-order chi connectivity index (χ1) is 12.0. The van der Waals surface area contributed by atoms with Gasteiger partial charge in [-0.15, -0.1) is 24.0 Å². The molecule has 0 spiro atoms. The molecule has 140 valence electrons. The number of hydrogen-bond acceptors (Lipinski definition) is 2. The van der Waals surface area contributed by atoms with Crippen LogP contribution < -0.4 is 16.0 Å². The zero-order valence-corrected chi connectivity index (χ0v) is 18.3. The molecule has 1 heterocycles. The summed E-state index contributed by atoms with van der Waals surface area (Å²) < 4.78 is 0. The van der Waals surface area contributed by atoms with Gasteiger partial charge in [-0.25, -0.2) is 0 Å². The highest BCUT2D eigenvalue weighted by Gasteiger charge is 2.23. The minimum Gasteiger partial charge on any atom is -0.371 e. The Morgan fingerprint density at radius 3 is 2.85 bits per heavy atom. The number of nitrogens with two attached hydrogens (primary N) is 1. The fourth-order valence-electron chi connectivity index (χ4n) is 3.26. The van der Waals surface area contributed by atoms with E-state index in [1.165, 1.54) is 16.8 Å². The number of rotatable bonds is 4. The molecule has 2 aromatic rings. The predicted octanol–water partition coefficient (Wildman–Crippen LogP) is 4.83. The van der Waals surface area contributed by atoms with Gasteiger partial charge in [-0.3, -0.25) is 4.99 Å². The van der Waals surface area contributed by atoms with E-state index in [1.54, 1.807) is 0 Å². The summed E-state index contributed by atoms with van der Waals surface area (Å²) in [5.41, 5.74) is 10.7. The van der Waals surface area contributed by atoms with E-state index >= 15 is 0 Å². The van der Waals surface area contributed by atoms with Crippen LogP contribution in [0.4, 0.5) is 11.4 Å².